The van der Waals surface area contributed by atoms with E-state index in [1.54, 1.807) is 37.3 Å². The molecule has 33 heavy (non-hydrogen) atoms. The second kappa shape index (κ2) is 11.2. The van der Waals surface area contributed by atoms with Gasteiger partial charge < -0.3 is 19.7 Å². The maximum absolute atomic E-state index is 13.3. The molecule has 0 aliphatic carbocycles. The maximum atomic E-state index is 13.3. The number of likely N-dealkylation sites (N-methyl/N-ethyl adjacent to an activating group) is 1. The number of hydrogen-bond acceptors (Lipinski definition) is 7. The third-order valence-electron chi connectivity index (χ3n) is 5.89. The van der Waals surface area contributed by atoms with Crippen LogP contribution in [0, 0.1) is 5.92 Å². The average molecular weight is 456 g/mol. The minimum atomic E-state index is -0.202. The number of amides is 2. The van der Waals surface area contributed by atoms with Gasteiger partial charge in [-0.05, 0) is 31.0 Å². The fraction of sp³-hybridized carbons (Fsp3) is 0.500. The molecule has 2 amide bonds. The number of anilines is 1. The number of nitrogens with one attached hydrogen (secondary N) is 1. The van der Waals surface area contributed by atoms with Crippen LogP contribution in [0.25, 0.3) is 0 Å². The number of carbonyl (C=O) groups excluding carboxylic acids is 2. The summed E-state index contributed by atoms with van der Waals surface area (Å²) in [6, 6.07) is 5.19. The van der Waals surface area contributed by atoms with Crippen LogP contribution < -0.4 is 10.1 Å². The van der Waals surface area contributed by atoms with Gasteiger partial charge in [-0.2, -0.15) is 0 Å². The minimum absolute atomic E-state index is 0.0558. The lowest BCUT2D eigenvalue weighted by Gasteiger charge is -2.36. The van der Waals surface area contributed by atoms with Crippen LogP contribution >= 0.6 is 0 Å². The summed E-state index contributed by atoms with van der Waals surface area (Å²) in [7, 11) is 3.43. The summed E-state index contributed by atoms with van der Waals surface area (Å²) in [5.74, 6) is 0.255. The highest BCUT2D eigenvalue weighted by atomic mass is 16.5. The number of nitrogens with zero attached hydrogens (tertiary/aromatic N) is 4. The predicted molar refractivity (Wildman–Crippen MR) is 125 cm³/mol. The first-order valence-electron chi connectivity index (χ1n) is 11.1. The lowest BCUT2D eigenvalue weighted by Crippen LogP contribution is -2.46. The molecule has 2 aromatic rings. The normalized spacial score (nSPS) is 22.5. The van der Waals surface area contributed by atoms with E-state index in [-0.39, 0.29) is 29.9 Å². The Morgan fingerprint density at radius 1 is 1.24 bits per heavy atom. The first kappa shape index (κ1) is 24.6. The van der Waals surface area contributed by atoms with Crippen molar-refractivity contribution in [1.29, 1.82) is 0 Å². The fourth-order valence-electron chi connectivity index (χ4n) is 4.00. The molecule has 1 aliphatic rings. The Hall–Kier alpha value is -3.04. The SMILES string of the molecule is CO[C@H]1CN(C)C(=O)c2cc(NC(C)=O)ccc2OC[C@@H](C)N(Cc2cncnc2)C[C@H]1C. The van der Waals surface area contributed by atoms with Gasteiger partial charge in [0.05, 0.1) is 11.7 Å². The molecule has 1 aliphatic heterocycles. The molecule has 0 fully saturated rings. The molecule has 3 atom stereocenters. The van der Waals surface area contributed by atoms with E-state index in [9.17, 15) is 9.59 Å². The van der Waals surface area contributed by atoms with Crippen molar-refractivity contribution in [2.45, 2.75) is 39.5 Å². The minimum Gasteiger partial charge on any atom is -0.491 e. The van der Waals surface area contributed by atoms with E-state index in [2.05, 4.69) is 34.0 Å². The molecule has 9 nitrogen and oxygen atoms in total. The van der Waals surface area contributed by atoms with E-state index in [0.29, 0.717) is 36.7 Å². The van der Waals surface area contributed by atoms with Gasteiger partial charge in [-0.25, -0.2) is 9.97 Å². The highest BCUT2D eigenvalue weighted by molar-refractivity contribution is 5.99. The molecule has 0 saturated carbocycles. The van der Waals surface area contributed by atoms with Crippen molar-refractivity contribution in [2.75, 3.05) is 39.2 Å². The Morgan fingerprint density at radius 2 is 1.97 bits per heavy atom. The van der Waals surface area contributed by atoms with Gasteiger partial charge in [0.15, 0.2) is 0 Å². The number of benzene rings is 1. The zero-order valence-corrected chi connectivity index (χ0v) is 19.9. The molecule has 3 rings (SSSR count). The third kappa shape index (κ3) is 6.49. The Labute approximate surface area is 195 Å². The number of methoxy groups -OCH3 is 1. The van der Waals surface area contributed by atoms with Gasteiger partial charge in [0.1, 0.15) is 18.7 Å². The topological polar surface area (TPSA) is 96.9 Å². The molecule has 1 aromatic carbocycles. The molecule has 1 N–H and O–H groups in total. The van der Waals surface area contributed by atoms with Crippen molar-refractivity contribution in [1.82, 2.24) is 19.8 Å². The first-order chi connectivity index (χ1) is 15.8. The molecular formula is C24H33N5O4. The smallest absolute Gasteiger partial charge is 0.257 e. The zero-order chi connectivity index (χ0) is 24.0. The average Bonchev–Trinajstić information content (AvgIpc) is 2.80. The third-order valence-corrected chi connectivity index (χ3v) is 5.89. The lowest BCUT2D eigenvalue weighted by atomic mass is 10.0. The first-order valence-corrected chi connectivity index (χ1v) is 11.1. The van der Waals surface area contributed by atoms with Crippen molar-refractivity contribution in [3.05, 3.63) is 48.0 Å². The lowest BCUT2D eigenvalue weighted by molar-refractivity contribution is -0.114. The van der Waals surface area contributed by atoms with Crippen molar-refractivity contribution in [2.24, 2.45) is 5.92 Å². The Bertz CT molecular complexity index is 955. The van der Waals surface area contributed by atoms with Crippen LogP contribution in [0.3, 0.4) is 0 Å². The number of carbonyl (C=O) groups is 2. The second-order valence-corrected chi connectivity index (χ2v) is 8.67. The van der Waals surface area contributed by atoms with Crippen molar-refractivity contribution >= 4 is 17.5 Å². The molecule has 2 heterocycles. The van der Waals surface area contributed by atoms with Gasteiger partial charge in [-0.1, -0.05) is 6.92 Å². The van der Waals surface area contributed by atoms with Gasteiger partial charge in [-0.3, -0.25) is 14.5 Å². The predicted octanol–water partition coefficient (Wildman–Crippen LogP) is 2.44. The largest absolute Gasteiger partial charge is 0.491 e. The molecule has 0 unspecified atom stereocenters. The number of rotatable bonds is 4. The van der Waals surface area contributed by atoms with Gasteiger partial charge in [0.25, 0.3) is 5.91 Å². The maximum Gasteiger partial charge on any atom is 0.257 e. The number of aromatic nitrogens is 2. The molecule has 0 saturated heterocycles. The van der Waals surface area contributed by atoms with Crippen LogP contribution in [0.5, 0.6) is 5.75 Å². The summed E-state index contributed by atoms with van der Waals surface area (Å²) in [5, 5.41) is 2.74. The van der Waals surface area contributed by atoms with Crippen LogP contribution in [-0.4, -0.2) is 77.6 Å². The molecule has 178 valence electrons. The molecule has 0 spiro atoms. The number of fused-ring (bicyclic) bond motifs is 1. The summed E-state index contributed by atoms with van der Waals surface area (Å²) >= 11 is 0. The molecular weight excluding hydrogens is 422 g/mol. The van der Waals surface area contributed by atoms with E-state index < -0.39 is 0 Å². The Morgan fingerprint density at radius 3 is 2.64 bits per heavy atom. The summed E-state index contributed by atoms with van der Waals surface area (Å²) in [4.78, 5) is 37.1. The zero-order valence-electron chi connectivity index (χ0n) is 19.9. The van der Waals surface area contributed by atoms with E-state index in [1.807, 2.05) is 12.4 Å². The second-order valence-electron chi connectivity index (χ2n) is 8.67. The number of hydrogen-bond donors (Lipinski definition) is 1. The molecule has 9 heteroatoms. The molecule has 0 bridgehead atoms. The summed E-state index contributed by atoms with van der Waals surface area (Å²) in [6.45, 7) is 7.91. The van der Waals surface area contributed by atoms with Crippen LogP contribution in [0.1, 0.15) is 36.7 Å². The highest BCUT2D eigenvalue weighted by Gasteiger charge is 2.28. The monoisotopic (exact) mass is 455 g/mol. The van der Waals surface area contributed by atoms with Crippen LogP contribution in [0.4, 0.5) is 5.69 Å². The molecule has 1 aromatic heterocycles. The van der Waals surface area contributed by atoms with Crippen LogP contribution in [-0.2, 0) is 16.1 Å². The molecule has 0 radical (unpaired) electrons. The summed E-state index contributed by atoms with van der Waals surface area (Å²) < 4.78 is 11.9. The fourth-order valence-corrected chi connectivity index (χ4v) is 4.00. The van der Waals surface area contributed by atoms with Crippen LogP contribution in [0.15, 0.2) is 36.9 Å². The summed E-state index contributed by atoms with van der Waals surface area (Å²) in [6.07, 6.45) is 5.01. The van der Waals surface area contributed by atoms with E-state index in [1.165, 1.54) is 13.3 Å². The number of ether oxygens (including phenoxy) is 2. The van der Waals surface area contributed by atoms with Crippen molar-refractivity contribution < 1.29 is 19.1 Å². The van der Waals surface area contributed by atoms with Gasteiger partial charge in [-0.15, -0.1) is 0 Å². The Kier molecular flexibility index (Phi) is 8.35. The van der Waals surface area contributed by atoms with E-state index in [0.717, 1.165) is 12.1 Å². The van der Waals surface area contributed by atoms with E-state index in [4.69, 9.17) is 9.47 Å². The van der Waals surface area contributed by atoms with Gasteiger partial charge >= 0.3 is 0 Å². The highest BCUT2D eigenvalue weighted by Crippen LogP contribution is 2.26. The van der Waals surface area contributed by atoms with Crippen LogP contribution in [0.2, 0.25) is 0 Å². The van der Waals surface area contributed by atoms with Crippen molar-refractivity contribution in [3.63, 3.8) is 0 Å². The van der Waals surface area contributed by atoms with Gasteiger partial charge in [0.2, 0.25) is 5.91 Å². The van der Waals surface area contributed by atoms with Crippen molar-refractivity contribution in [3.8, 4) is 5.75 Å². The Balaban J connectivity index is 1.94. The van der Waals surface area contributed by atoms with Gasteiger partial charge in [0, 0.05) is 70.4 Å². The quantitative estimate of drug-likeness (QED) is 0.756. The summed E-state index contributed by atoms with van der Waals surface area (Å²) in [5.41, 5.74) is 1.97. The standard InChI is InChI=1S/C24H33N5O4/c1-16-11-29(12-19-9-25-15-26-10-19)17(2)14-33-22-7-6-20(27-18(3)30)8-21(22)24(31)28(4)13-23(16)32-5/h6-10,15-17,23H,11-14H2,1-5H3,(H,27,30)/t16-,17-,23+/m1/s1. The van der Waals surface area contributed by atoms with E-state index >= 15 is 0 Å².